The van der Waals surface area contributed by atoms with Crippen LogP contribution in [0.4, 0.5) is 18.9 Å². The number of nitrogens with one attached hydrogen (secondary N) is 1. The Kier molecular flexibility index (Phi) is 7.34. The number of anilines is 1. The Labute approximate surface area is 228 Å². The molecule has 212 valence electrons. The molecule has 6 rings (SSSR count). The zero-order valence-electron chi connectivity index (χ0n) is 22.7. The Morgan fingerprint density at radius 3 is 2.31 bits per heavy atom. The average molecular weight is 546 g/mol. The number of hydrogen-bond acceptors (Lipinski definition) is 5. The van der Waals surface area contributed by atoms with Gasteiger partial charge in [-0.3, -0.25) is 9.69 Å². The molecule has 4 aliphatic carbocycles. The maximum absolute atomic E-state index is 13.2. The van der Waals surface area contributed by atoms with E-state index in [1.165, 1.54) is 12.1 Å². The van der Waals surface area contributed by atoms with Gasteiger partial charge in [-0.05, 0) is 94.7 Å². The summed E-state index contributed by atoms with van der Waals surface area (Å²) in [6, 6.07) is 5.65. The monoisotopic (exact) mass is 545 g/mol. The number of rotatable bonds is 5. The maximum atomic E-state index is 13.2. The highest BCUT2D eigenvalue weighted by atomic mass is 19.4. The lowest BCUT2D eigenvalue weighted by Gasteiger charge is -2.59. The zero-order valence-corrected chi connectivity index (χ0v) is 22.7. The summed E-state index contributed by atoms with van der Waals surface area (Å²) in [4.78, 5) is 20.7. The molecule has 1 aliphatic heterocycles. The molecule has 7 nitrogen and oxygen atoms in total. The summed E-state index contributed by atoms with van der Waals surface area (Å²) in [5, 5.41) is 23.2. The topological polar surface area (TPSA) is 92.0 Å². The van der Waals surface area contributed by atoms with Crippen molar-refractivity contribution in [1.82, 2.24) is 10.2 Å². The Balaban J connectivity index is 1.26. The van der Waals surface area contributed by atoms with Gasteiger partial charge in [-0.25, -0.2) is 0 Å². The fourth-order valence-electron chi connectivity index (χ4n) is 8.05. The largest absolute Gasteiger partial charge is 0.481 e. The van der Waals surface area contributed by atoms with Gasteiger partial charge in [0, 0.05) is 37.9 Å². The third kappa shape index (κ3) is 5.34. The number of benzene rings is 1. The molecule has 2 atom stereocenters. The van der Waals surface area contributed by atoms with Gasteiger partial charge in [0.25, 0.3) is 0 Å². The lowest BCUT2D eigenvalue weighted by atomic mass is 9.48. The summed E-state index contributed by atoms with van der Waals surface area (Å²) < 4.78 is 39.7. The van der Waals surface area contributed by atoms with Gasteiger partial charge in [0.15, 0.2) is 0 Å². The van der Waals surface area contributed by atoms with E-state index in [4.69, 9.17) is 0 Å². The van der Waals surface area contributed by atoms with E-state index in [2.05, 4.69) is 29.1 Å². The second-order valence-corrected chi connectivity index (χ2v) is 12.6. The van der Waals surface area contributed by atoms with Crippen molar-refractivity contribution in [2.45, 2.75) is 76.6 Å². The molecule has 2 N–H and O–H groups in total. The number of amidine groups is 1. The first-order chi connectivity index (χ1) is 18.4. The lowest BCUT2D eigenvalue weighted by molar-refractivity contribution is -0.166. The van der Waals surface area contributed by atoms with Crippen molar-refractivity contribution in [2.75, 3.05) is 31.1 Å². The van der Waals surface area contributed by atoms with Gasteiger partial charge >= 0.3 is 12.1 Å². The lowest BCUT2D eigenvalue weighted by Crippen LogP contribution is -2.65. The summed E-state index contributed by atoms with van der Waals surface area (Å²) in [5.41, 5.74) is -1.18. The Hall–Kier alpha value is -2.80. The first kappa shape index (κ1) is 27.8. The molecule has 1 aromatic carbocycles. The molecule has 4 bridgehead atoms. The van der Waals surface area contributed by atoms with Crippen LogP contribution >= 0.6 is 0 Å². The van der Waals surface area contributed by atoms with E-state index >= 15 is 0 Å². The fraction of sp³-hybridized carbons (Fsp3) is 0.690. The number of halogens is 3. The van der Waals surface area contributed by atoms with Crippen LogP contribution in [-0.2, 0) is 11.0 Å². The van der Waals surface area contributed by atoms with Crippen molar-refractivity contribution in [2.24, 2.45) is 28.2 Å². The van der Waals surface area contributed by atoms with Crippen molar-refractivity contribution in [3.8, 4) is 6.19 Å². The molecular weight excluding hydrogens is 507 g/mol. The van der Waals surface area contributed by atoms with E-state index < -0.39 is 28.7 Å². The van der Waals surface area contributed by atoms with Crippen molar-refractivity contribution in [1.29, 1.82) is 5.26 Å². The minimum Gasteiger partial charge on any atom is -0.481 e. The Bertz CT molecular complexity index is 1130. The smallest absolute Gasteiger partial charge is 0.416 e. The minimum absolute atomic E-state index is 0.117. The third-order valence-corrected chi connectivity index (χ3v) is 9.81. The van der Waals surface area contributed by atoms with Gasteiger partial charge in [0.1, 0.15) is 5.84 Å². The average Bonchev–Trinajstić information content (AvgIpc) is 2.84. The van der Waals surface area contributed by atoms with Crippen LogP contribution in [0.5, 0.6) is 0 Å². The van der Waals surface area contributed by atoms with E-state index in [0.29, 0.717) is 43.4 Å². The van der Waals surface area contributed by atoms with Crippen LogP contribution in [0.2, 0.25) is 0 Å². The normalized spacial score (nSPS) is 31.9. The van der Waals surface area contributed by atoms with Crippen molar-refractivity contribution in [3.63, 3.8) is 0 Å². The Morgan fingerprint density at radius 1 is 1.10 bits per heavy atom. The fourth-order valence-corrected chi connectivity index (χ4v) is 8.05. The quantitative estimate of drug-likeness (QED) is 0.303. The number of hydrogen-bond donors (Lipinski definition) is 2. The molecule has 1 aromatic rings. The zero-order chi connectivity index (χ0) is 28.0. The van der Waals surface area contributed by atoms with Crippen LogP contribution in [-0.4, -0.2) is 59.6 Å². The van der Waals surface area contributed by atoms with E-state index in [1.54, 1.807) is 6.07 Å². The molecule has 4 saturated carbocycles. The van der Waals surface area contributed by atoms with Crippen LogP contribution in [0.1, 0.15) is 64.4 Å². The number of aliphatic carboxylic acids is 1. The highest BCUT2D eigenvalue weighted by molar-refractivity contribution is 5.92. The molecule has 0 radical (unpaired) electrons. The molecule has 5 aliphatic rings. The van der Waals surface area contributed by atoms with Gasteiger partial charge in [0.05, 0.1) is 16.5 Å². The summed E-state index contributed by atoms with van der Waals surface area (Å²) in [7, 11) is 0. The first-order valence-electron chi connectivity index (χ1n) is 14.1. The number of aliphatic imine (C=N–C) groups is 1. The summed E-state index contributed by atoms with van der Waals surface area (Å²) in [6.45, 7) is 6.84. The Morgan fingerprint density at radius 2 is 1.74 bits per heavy atom. The summed E-state index contributed by atoms with van der Waals surface area (Å²) >= 11 is 0. The minimum atomic E-state index is -4.37. The van der Waals surface area contributed by atoms with Crippen molar-refractivity contribution < 1.29 is 23.1 Å². The molecule has 2 unspecified atom stereocenters. The number of nitrogens with zero attached hydrogens (tertiary/aromatic N) is 4. The van der Waals surface area contributed by atoms with Crippen LogP contribution in [0, 0.1) is 34.6 Å². The van der Waals surface area contributed by atoms with Crippen LogP contribution in [0.3, 0.4) is 0 Å². The van der Waals surface area contributed by atoms with E-state index in [-0.39, 0.29) is 17.9 Å². The summed E-state index contributed by atoms with van der Waals surface area (Å²) in [5.74, 6) is 0.962. The van der Waals surface area contributed by atoms with Gasteiger partial charge in [-0.1, -0.05) is 6.07 Å². The molecule has 39 heavy (non-hydrogen) atoms. The van der Waals surface area contributed by atoms with Gasteiger partial charge < -0.3 is 15.3 Å². The van der Waals surface area contributed by atoms with Gasteiger partial charge in [-0.15, -0.1) is 0 Å². The molecule has 10 heteroatoms. The number of nitriles is 1. The summed E-state index contributed by atoms with van der Waals surface area (Å²) in [6.07, 6.45) is 3.35. The first-order valence-corrected chi connectivity index (χ1v) is 14.1. The van der Waals surface area contributed by atoms with Crippen LogP contribution in [0.25, 0.3) is 0 Å². The number of carboxylic acid groups (broad SMARTS) is 1. The third-order valence-electron chi connectivity index (χ3n) is 9.81. The van der Waals surface area contributed by atoms with Gasteiger partial charge in [0.2, 0.25) is 6.19 Å². The van der Waals surface area contributed by atoms with E-state index in [1.807, 2.05) is 11.1 Å². The molecule has 1 saturated heterocycles. The highest BCUT2D eigenvalue weighted by Crippen LogP contribution is 2.60. The maximum Gasteiger partial charge on any atom is 0.416 e. The second-order valence-electron chi connectivity index (χ2n) is 12.6. The van der Waals surface area contributed by atoms with Crippen molar-refractivity contribution >= 4 is 17.5 Å². The molecule has 0 amide bonds. The van der Waals surface area contributed by atoms with E-state index in [9.17, 15) is 28.3 Å². The van der Waals surface area contributed by atoms with Crippen LogP contribution < -0.4 is 10.2 Å². The van der Waals surface area contributed by atoms with Gasteiger partial charge in [-0.2, -0.15) is 23.4 Å². The number of carbonyl (C=O) groups is 1. The molecule has 0 spiro atoms. The van der Waals surface area contributed by atoms with E-state index in [0.717, 1.165) is 51.3 Å². The molecular formula is C29H38F3N5O2. The second kappa shape index (κ2) is 10.3. The predicted molar refractivity (Wildman–Crippen MR) is 142 cm³/mol. The SMILES string of the molecule is CC(C)(/C(=N\C#N)NC1C2CC3CC1CC(C(=O)O)(C3)C2)N1CCCN(c2cccc(C(F)(F)F)c2)CCC1. The van der Waals surface area contributed by atoms with Crippen molar-refractivity contribution in [3.05, 3.63) is 29.8 Å². The molecule has 1 heterocycles. The standard InChI is InChI=1S/C29H38F3N5O2/c1-27(2,37-10-4-8-36(9-5-11-37)23-7-3-6-22(14-23)29(30,31)32)25(34-18-33)35-24-20-12-19-13-21(24)17-28(15-19,16-20)26(38)39/h3,6-7,14,19-21,24H,4-5,8-13,15-17H2,1-2H3,(H,34,35)(H,38,39). The molecule has 5 fully saturated rings. The number of carboxylic acids is 1. The predicted octanol–water partition coefficient (Wildman–Crippen LogP) is 5.13. The highest BCUT2D eigenvalue weighted by Gasteiger charge is 2.59. The van der Waals surface area contributed by atoms with Crippen LogP contribution in [0.15, 0.2) is 29.3 Å². The molecule has 0 aromatic heterocycles. The number of alkyl halides is 3.